The predicted octanol–water partition coefficient (Wildman–Crippen LogP) is 1.75. The van der Waals surface area contributed by atoms with E-state index < -0.39 is 27.4 Å². The maximum atomic E-state index is 2.38. The third-order valence-electron chi connectivity index (χ3n) is 0. The van der Waals surface area contributed by atoms with Crippen LogP contribution in [-0.2, 0) is 27.4 Å². The molecule has 24 valence electrons. The van der Waals surface area contributed by atoms with E-state index in [1.165, 1.54) is 0 Å². The standard InChI is InChI=1S/3CH3.Y/h3*1H3;. The van der Waals surface area contributed by atoms with Crippen molar-refractivity contribution in [2.24, 2.45) is 0 Å². The first kappa shape index (κ1) is 5.10. The summed E-state index contributed by atoms with van der Waals surface area (Å²) in [6.07, 6.45) is 0. The van der Waals surface area contributed by atoms with Crippen LogP contribution >= 0.6 is 0 Å². The first-order chi connectivity index (χ1) is 1.73. The molecule has 4 heavy (non-hydrogen) atoms. The van der Waals surface area contributed by atoms with Crippen molar-refractivity contribution in [2.45, 2.75) is 11.2 Å². The van der Waals surface area contributed by atoms with E-state index in [1.807, 2.05) is 0 Å². The van der Waals surface area contributed by atoms with E-state index in [4.69, 9.17) is 0 Å². The zero-order chi connectivity index (χ0) is 3.58. The first-order valence-electron chi connectivity index (χ1n) is 1.73. The van der Waals surface area contributed by atoms with Crippen LogP contribution in [0.5, 0.6) is 0 Å². The van der Waals surface area contributed by atoms with E-state index in [2.05, 4.69) is 11.2 Å². The van der Waals surface area contributed by atoms with Gasteiger partial charge < -0.3 is 0 Å². The molecule has 0 rings (SSSR count). The van der Waals surface area contributed by atoms with Crippen LogP contribution in [0.1, 0.15) is 0 Å². The Morgan fingerprint density at radius 1 is 1.00 bits per heavy atom. The van der Waals surface area contributed by atoms with Crippen LogP contribution in [0.15, 0.2) is 0 Å². The fourth-order valence-electron chi connectivity index (χ4n) is 0. The monoisotopic (exact) mass is 134 g/mol. The quantitative estimate of drug-likeness (QED) is 0.473. The first-order valence-corrected chi connectivity index (χ1v) is 10.2. The number of rotatable bonds is 0. The molecule has 0 spiro atoms. The van der Waals surface area contributed by atoms with E-state index in [0.717, 1.165) is 0 Å². The molecule has 0 saturated carbocycles. The molecule has 0 unspecified atom stereocenters. The molecule has 0 aromatic rings. The van der Waals surface area contributed by atoms with Gasteiger partial charge in [0.15, 0.2) is 0 Å². The molecule has 0 atom stereocenters. The van der Waals surface area contributed by atoms with Gasteiger partial charge in [-0.15, -0.1) is 0 Å². The van der Waals surface area contributed by atoms with Gasteiger partial charge in [-0.05, 0) is 0 Å². The fourth-order valence-corrected chi connectivity index (χ4v) is 0. The van der Waals surface area contributed by atoms with Gasteiger partial charge in [0.05, 0.1) is 0 Å². The maximum absolute atomic E-state index is 2.38. The van der Waals surface area contributed by atoms with E-state index in [9.17, 15) is 0 Å². The van der Waals surface area contributed by atoms with Crippen LogP contribution in [0.3, 0.4) is 0 Å². The van der Waals surface area contributed by atoms with Crippen LogP contribution in [0.25, 0.3) is 0 Å². The Hall–Kier alpha value is 1.10. The predicted molar refractivity (Wildman–Crippen MR) is 17.6 cm³/mol. The second kappa shape index (κ2) is 2.35. The zero-order valence-corrected chi connectivity index (χ0v) is 6.42. The molecule has 0 saturated heterocycles. The Bertz CT molecular complexity index is 8.00. The summed E-state index contributed by atoms with van der Waals surface area (Å²) in [4.78, 5) is 0. The van der Waals surface area contributed by atoms with Crippen LogP contribution in [0.4, 0.5) is 0 Å². The third-order valence-corrected chi connectivity index (χ3v) is 0. The Morgan fingerprint density at radius 3 is 1.00 bits per heavy atom. The van der Waals surface area contributed by atoms with Gasteiger partial charge in [0.2, 0.25) is 0 Å². The Kier molecular flexibility index (Phi) is 3.00. The SMILES string of the molecule is [CH3][Y]([CH3])[CH3]. The fraction of sp³-hybridized carbons (Fsp3) is 1.00. The summed E-state index contributed by atoms with van der Waals surface area (Å²) >= 11 is -0.637. The molecular weight excluding hydrogens is 125 g/mol. The van der Waals surface area contributed by atoms with Crippen molar-refractivity contribution >= 4 is 0 Å². The molecule has 0 heterocycles. The van der Waals surface area contributed by atoms with E-state index >= 15 is 0 Å². The van der Waals surface area contributed by atoms with Crippen LogP contribution in [0, 0.1) is 0 Å². The molecule has 0 nitrogen and oxygen atoms in total. The van der Waals surface area contributed by atoms with Gasteiger partial charge in [-0.1, -0.05) is 0 Å². The molecule has 0 N–H and O–H groups in total. The second-order valence-electron chi connectivity index (χ2n) is 1.73. The van der Waals surface area contributed by atoms with Gasteiger partial charge in [-0.2, -0.15) is 0 Å². The summed E-state index contributed by atoms with van der Waals surface area (Å²) in [6, 6.07) is 0. The van der Waals surface area contributed by atoms with Gasteiger partial charge in [-0.25, -0.2) is 0 Å². The minimum atomic E-state index is -0.637. The molecule has 0 aliphatic carbocycles. The number of hydrogen-bond donors (Lipinski definition) is 0. The van der Waals surface area contributed by atoms with Crippen molar-refractivity contribution < 1.29 is 27.4 Å². The molecule has 0 bridgehead atoms. The van der Waals surface area contributed by atoms with Crippen LogP contribution < -0.4 is 0 Å². The summed E-state index contributed by atoms with van der Waals surface area (Å²) in [6.45, 7) is 0. The average molecular weight is 134 g/mol. The second-order valence-corrected chi connectivity index (χ2v) is 10.2. The molecule has 0 aromatic heterocycles. The van der Waals surface area contributed by atoms with Crippen molar-refractivity contribution in [1.82, 2.24) is 0 Å². The third kappa shape index (κ3) is 11.3. The van der Waals surface area contributed by atoms with Gasteiger partial charge >= 0.3 is 38.6 Å². The molecule has 0 fully saturated rings. The Balaban J connectivity index is 2.32. The summed E-state index contributed by atoms with van der Waals surface area (Å²) < 4.78 is 7.13. The normalized spacial score (nSPS) is 6.75. The summed E-state index contributed by atoms with van der Waals surface area (Å²) in [5.41, 5.74) is 0. The van der Waals surface area contributed by atoms with Crippen molar-refractivity contribution in [3.8, 4) is 0 Å². The number of hydrogen-bond acceptors (Lipinski definition) is 0. The van der Waals surface area contributed by atoms with Gasteiger partial charge in [-0.3, -0.25) is 0 Å². The van der Waals surface area contributed by atoms with Crippen molar-refractivity contribution in [2.75, 3.05) is 0 Å². The van der Waals surface area contributed by atoms with Crippen molar-refractivity contribution in [3.63, 3.8) is 0 Å². The van der Waals surface area contributed by atoms with E-state index in [-0.39, 0.29) is 0 Å². The molecular formula is C3H9Y. The van der Waals surface area contributed by atoms with Gasteiger partial charge in [0.1, 0.15) is 0 Å². The molecule has 1 heteroatoms. The minimum absolute atomic E-state index is 0.637. The summed E-state index contributed by atoms with van der Waals surface area (Å²) in [5.74, 6) is 0. The van der Waals surface area contributed by atoms with Gasteiger partial charge in [0, 0.05) is 0 Å². The van der Waals surface area contributed by atoms with Crippen LogP contribution in [-0.4, -0.2) is 0 Å². The van der Waals surface area contributed by atoms with E-state index in [0.29, 0.717) is 0 Å². The molecule has 0 radical (unpaired) electrons. The molecule has 0 aromatic carbocycles. The molecule has 0 amide bonds. The zero-order valence-electron chi connectivity index (χ0n) is 3.58. The van der Waals surface area contributed by atoms with Crippen LogP contribution in [0.2, 0.25) is 11.2 Å². The summed E-state index contributed by atoms with van der Waals surface area (Å²) in [5, 5.41) is 0. The molecule has 0 aliphatic heterocycles. The average Bonchev–Trinajstić information content (AvgIpc) is 0.811. The summed E-state index contributed by atoms with van der Waals surface area (Å²) in [7, 11) is 0. The van der Waals surface area contributed by atoms with Crippen molar-refractivity contribution in [1.29, 1.82) is 0 Å². The molecule has 0 aliphatic rings. The van der Waals surface area contributed by atoms with E-state index in [1.54, 1.807) is 0 Å². The Morgan fingerprint density at radius 2 is 1.00 bits per heavy atom. The Labute approximate surface area is 38.5 Å². The van der Waals surface area contributed by atoms with Crippen molar-refractivity contribution in [3.05, 3.63) is 0 Å². The topological polar surface area (TPSA) is 0 Å². The van der Waals surface area contributed by atoms with Gasteiger partial charge in [0.25, 0.3) is 0 Å².